The van der Waals surface area contributed by atoms with Gasteiger partial charge in [-0.25, -0.2) is 4.98 Å². The fourth-order valence-electron chi connectivity index (χ4n) is 4.24. The molecule has 0 bridgehead atoms. The van der Waals surface area contributed by atoms with Crippen LogP contribution in [0.3, 0.4) is 0 Å². The van der Waals surface area contributed by atoms with Crippen molar-refractivity contribution in [1.29, 1.82) is 5.26 Å². The van der Waals surface area contributed by atoms with Crippen molar-refractivity contribution in [3.8, 4) is 6.07 Å². The normalized spacial score (nSPS) is 15.0. The smallest absolute Gasteiger partial charge is 0.237 e. The number of hydrogen-bond acceptors (Lipinski definition) is 4. The van der Waals surface area contributed by atoms with E-state index in [-0.39, 0.29) is 6.61 Å². The Hall–Kier alpha value is -3.40. The SMILES string of the molecule is N#Cc1c(NCCO)[nH+]c(NCc2ccccc2)c2c1CC[NH+](Cc1ccccc1)C2. The molecule has 3 aromatic rings. The van der Waals surface area contributed by atoms with Gasteiger partial charge < -0.3 is 20.6 Å². The van der Waals surface area contributed by atoms with Gasteiger partial charge >= 0.3 is 0 Å². The standard InChI is InChI=1S/C25H27N5O/c26-15-22-21-11-13-30(17-20-9-5-2-6-10-20)18-23(21)25(29-24(22)27-12-14-31)28-16-19-7-3-1-4-8-19/h1-10,31H,11-14,16-18H2,(H2,27,28,29)/p+2. The number of aliphatic hydroxyl groups excluding tert-OH is 1. The summed E-state index contributed by atoms with van der Waals surface area (Å²) in [4.78, 5) is 4.89. The first-order valence-corrected chi connectivity index (χ1v) is 10.8. The van der Waals surface area contributed by atoms with Crippen LogP contribution in [0.2, 0.25) is 0 Å². The van der Waals surface area contributed by atoms with Gasteiger partial charge in [0.2, 0.25) is 11.6 Å². The van der Waals surface area contributed by atoms with Crippen LogP contribution >= 0.6 is 0 Å². The molecule has 1 unspecified atom stereocenters. The Morgan fingerprint density at radius 1 is 0.935 bits per heavy atom. The second-order valence-electron chi connectivity index (χ2n) is 7.90. The van der Waals surface area contributed by atoms with Crippen molar-refractivity contribution in [3.05, 3.63) is 88.5 Å². The number of rotatable bonds is 8. The first-order chi connectivity index (χ1) is 15.3. The van der Waals surface area contributed by atoms with E-state index in [1.54, 1.807) is 0 Å². The van der Waals surface area contributed by atoms with Crippen molar-refractivity contribution in [2.45, 2.75) is 26.1 Å². The minimum absolute atomic E-state index is 0.0115. The maximum absolute atomic E-state index is 9.87. The molecule has 1 aromatic heterocycles. The molecule has 2 heterocycles. The lowest BCUT2D eigenvalue weighted by molar-refractivity contribution is -0.929. The number of nitrogens with one attached hydrogen (secondary N) is 4. The van der Waals surface area contributed by atoms with E-state index in [0.29, 0.717) is 24.5 Å². The zero-order valence-electron chi connectivity index (χ0n) is 17.6. The Morgan fingerprint density at radius 3 is 2.32 bits per heavy atom. The second-order valence-corrected chi connectivity index (χ2v) is 7.90. The molecule has 0 spiro atoms. The number of H-pyrrole nitrogens is 1. The third-order valence-corrected chi connectivity index (χ3v) is 5.76. The minimum atomic E-state index is 0.0115. The van der Waals surface area contributed by atoms with Crippen LogP contribution < -0.4 is 20.5 Å². The highest BCUT2D eigenvalue weighted by molar-refractivity contribution is 5.60. The van der Waals surface area contributed by atoms with Gasteiger partial charge in [0.1, 0.15) is 24.7 Å². The van der Waals surface area contributed by atoms with E-state index < -0.39 is 0 Å². The zero-order valence-corrected chi connectivity index (χ0v) is 17.6. The molecule has 158 valence electrons. The summed E-state index contributed by atoms with van der Waals surface area (Å²) in [5.41, 5.74) is 5.47. The number of benzene rings is 2. The van der Waals surface area contributed by atoms with Crippen LogP contribution in [0.5, 0.6) is 0 Å². The molecule has 1 aliphatic rings. The number of aliphatic hydroxyl groups is 1. The van der Waals surface area contributed by atoms with Crippen molar-refractivity contribution in [2.75, 3.05) is 30.3 Å². The average molecular weight is 416 g/mol. The van der Waals surface area contributed by atoms with E-state index in [1.807, 2.05) is 24.3 Å². The highest BCUT2D eigenvalue weighted by atomic mass is 16.3. The fourth-order valence-corrected chi connectivity index (χ4v) is 4.24. The molecule has 0 aliphatic carbocycles. The van der Waals surface area contributed by atoms with Crippen LogP contribution in [0.1, 0.15) is 27.8 Å². The summed E-state index contributed by atoms with van der Waals surface area (Å²) in [6.45, 7) is 3.91. The van der Waals surface area contributed by atoms with Gasteiger partial charge in [0.25, 0.3) is 0 Å². The largest absolute Gasteiger partial charge is 0.393 e. The first kappa shape index (κ1) is 20.9. The highest BCUT2D eigenvalue weighted by Crippen LogP contribution is 2.26. The second kappa shape index (κ2) is 10.1. The Bertz CT molecular complexity index is 1050. The number of fused-ring (bicyclic) bond motifs is 1. The average Bonchev–Trinajstić information content (AvgIpc) is 2.82. The predicted octanol–water partition coefficient (Wildman–Crippen LogP) is 1.53. The van der Waals surface area contributed by atoms with E-state index in [9.17, 15) is 10.4 Å². The summed E-state index contributed by atoms with van der Waals surface area (Å²) in [5.74, 6) is 1.63. The number of pyridine rings is 1. The summed E-state index contributed by atoms with van der Waals surface area (Å²) >= 11 is 0. The van der Waals surface area contributed by atoms with Crippen molar-refractivity contribution >= 4 is 11.6 Å². The maximum atomic E-state index is 9.87. The fraction of sp³-hybridized carbons (Fsp3) is 0.280. The molecule has 2 aromatic carbocycles. The van der Waals surface area contributed by atoms with Gasteiger partial charge in [-0.05, 0) is 11.1 Å². The van der Waals surface area contributed by atoms with Gasteiger partial charge in [-0.15, -0.1) is 0 Å². The summed E-state index contributed by atoms with van der Waals surface area (Å²) < 4.78 is 0. The first-order valence-electron chi connectivity index (χ1n) is 10.8. The number of nitriles is 1. The highest BCUT2D eigenvalue weighted by Gasteiger charge is 2.30. The van der Waals surface area contributed by atoms with Gasteiger partial charge in [0.15, 0.2) is 0 Å². The molecule has 0 radical (unpaired) electrons. The third-order valence-electron chi connectivity index (χ3n) is 5.76. The Balaban J connectivity index is 1.64. The van der Waals surface area contributed by atoms with E-state index in [4.69, 9.17) is 0 Å². The molecule has 1 atom stereocenters. The molecule has 4 rings (SSSR count). The van der Waals surface area contributed by atoms with E-state index in [0.717, 1.165) is 37.4 Å². The quantitative estimate of drug-likeness (QED) is 0.449. The topological polar surface area (TPSA) is 86.7 Å². The molecule has 0 amide bonds. The predicted molar refractivity (Wildman–Crippen MR) is 120 cm³/mol. The molecule has 0 saturated heterocycles. The molecule has 1 aliphatic heterocycles. The Labute approximate surface area is 183 Å². The lowest BCUT2D eigenvalue weighted by Gasteiger charge is -2.27. The van der Waals surface area contributed by atoms with Crippen LogP contribution in [0.4, 0.5) is 11.6 Å². The summed E-state index contributed by atoms with van der Waals surface area (Å²) in [6.07, 6.45) is 0.850. The van der Waals surface area contributed by atoms with Crippen LogP contribution in [0.25, 0.3) is 0 Å². The lowest BCUT2D eigenvalue weighted by Crippen LogP contribution is -3.10. The van der Waals surface area contributed by atoms with Crippen molar-refractivity contribution in [1.82, 2.24) is 0 Å². The van der Waals surface area contributed by atoms with Gasteiger partial charge in [-0.3, -0.25) is 0 Å². The number of aromatic nitrogens is 1. The molecule has 0 saturated carbocycles. The minimum Gasteiger partial charge on any atom is -0.393 e. The molecular formula is C25H29N5O+2. The maximum Gasteiger partial charge on any atom is 0.237 e. The van der Waals surface area contributed by atoms with Gasteiger partial charge in [0, 0.05) is 12.0 Å². The zero-order chi connectivity index (χ0) is 21.5. The molecule has 31 heavy (non-hydrogen) atoms. The van der Waals surface area contributed by atoms with Gasteiger partial charge in [-0.2, -0.15) is 5.26 Å². The summed E-state index contributed by atoms with van der Waals surface area (Å²) in [7, 11) is 0. The Kier molecular flexibility index (Phi) is 6.78. The van der Waals surface area contributed by atoms with Crippen LogP contribution in [0.15, 0.2) is 60.7 Å². The number of quaternary nitrogens is 1. The monoisotopic (exact) mass is 415 g/mol. The van der Waals surface area contributed by atoms with Gasteiger partial charge in [0.05, 0.1) is 31.8 Å². The molecule has 6 heteroatoms. The van der Waals surface area contributed by atoms with Crippen LogP contribution in [-0.2, 0) is 26.1 Å². The van der Waals surface area contributed by atoms with E-state index in [2.05, 4.69) is 58.1 Å². The summed E-state index contributed by atoms with van der Waals surface area (Å²) in [6, 6.07) is 23.2. The number of hydrogen-bond donors (Lipinski definition) is 4. The van der Waals surface area contributed by atoms with E-state index in [1.165, 1.54) is 21.6 Å². The number of aromatic amines is 1. The number of nitrogens with zero attached hydrogens (tertiary/aromatic N) is 1. The van der Waals surface area contributed by atoms with E-state index >= 15 is 0 Å². The van der Waals surface area contributed by atoms with Crippen LogP contribution in [0, 0.1) is 11.3 Å². The van der Waals surface area contributed by atoms with Gasteiger partial charge in [-0.1, -0.05) is 60.7 Å². The summed E-state index contributed by atoms with van der Waals surface area (Å²) in [5, 5.41) is 25.9. The Morgan fingerprint density at radius 2 is 1.65 bits per heavy atom. The third kappa shape index (κ3) is 5.02. The van der Waals surface area contributed by atoms with Crippen molar-refractivity contribution in [2.24, 2.45) is 0 Å². The van der Waals surface area contributed by atoms with Crippen LogP contribution in [-0.4, -0.2) is 24.8 Å². The molecule has 5 N–H and O–H groups in total. The number of anilines is 2. The van der Waals surface area contributed by atoms with Crippen molar-refractivity contribution < 1.29 is 15.0 Å². The van der Waals surface area contributed by atoms with Crippen molar-refractivity contribution in [3.63, 3.8) is 0 Å². The molecule has 6 nitrogen and oxygen atoms in total. The molecular weight excluding hydrogens is 386 g/mol. The lowest BCUT2D eigenvalue weighted by atomic mass is 9.95. The molecule has 0 fully saturated rings.